The first-order valence-electron chi connectivity index (χ1n) is 3.00. The van der Waals surface area contributed by atoms with E-state index in [-0.39, 0.29) is 5.06 Å². The number of hydrogen-bond donors (Lipinski definition) is 2. The van der Waals surface area contributed by atoms with Crippen LogP contribution in [0.2, 0.25) is 0 Å². The highest BCUT2D eigenvalue weighted by Crippen LogP contribution is 1.94. The molecule has 0 fully saturated rings. The van der Waals surface area contributed by atoms with Gasteiger partial charge in [-0.3, -0.25) is 0 Å². The molecule has 1 atom stereocenters. The molecular weight excluding hydrogens is 116 g/mol. The molecule has 1 aromatic heterocycles. The van der Waals surface area contributed by atoms with Gasteiger partial charge >= 0.3 is 0 Å². The molecule has 1 heterocycles. The van der Waals surface area contributed by atoms with E-state index in [1.165, 1.54) is 0 Å². The normalized spacial score (nSPS) is 13.6. The van der Waals surface area contributed by atoms with Crippen LogP contribution in [0, 0.1) is 5.21 Å². The highest BCUT2D eigenvalue weighted by Gasteiger charge is 1.96. The van der Waals surface area contributed by atoms with Crippen molar-refractivity contribution in [3.05, 3.63) is 23.7 Å². The van der Waals surface area contributed by atoms with Crippen molar-refractivity contribution in [1.29, 1.82) is 0 Å². The third kappa shape index (κ3) is 1.31. The molecule has 0 bridgehead atoms. The lowest BCUT2D eigenvalue weighted by Gasteiger charge is -2.16. The van der Waals surface area contributed by atoms with E-state index in [9.17, 15) is 5.21 Å². The number of aromatic amines is 1. The van der Waals surface area contributed by atoms with Crippen LogP contribution in [0.4, 0.5) is 5.69 Å². The van der Waals surface area contributed by atoms with Gasteiger partial charge in [0.25, 0.3) is 0 Å². The van der Waals surface area contributed by atoms with E-state index in [4.69, 9.17) is 0 Å². The van der Waals surface area contributed by atoms with E-state index in [1.54, 1.807) is 18.5 Å². The van der Waals surface area contributed by atoms with Gasteiger partial charge in [-0.05, 0) is 6.92 Å². The van der Waals surface area contributed by atoms with Gasteiger partial charge in [0.2, 0.25) is 0 Å². The fourth-order valence-electron chi connectivity index (χ4n) is 0.701. The van der Waals surface area contributed by atoms with Gasteiger partial charge in [-0.15, -0.1) is 0 Å². The van der Waals surface area contributed by atoms with E-state index in [1.807, 2.05) is 6.92 Å². The summed E-state index contributed by atoms with van der Waals surface area (Å²) in [5.41, 5.74) is 0.775. The number of nitrogens with one attached hydrogen (secondary N) is 2. The van der Waals surface area contributed by atoms with Crippen molar-refractivity contribution >= 4 is 5.69 Å². The number of aromatic nitrogens is 1. The summed E-state index contributed by atoms with van der Waals surface area (Å²) in [5.74, 6) is 0. The lowest BCUT2D eigenvalue weighted by Crippen LogP contribution is -3.01. The average molecular weight is 126 g/mol. The zero-order valence-electron chi connectivity index (χ0n) is 5.35. The molecule has 2 N–H and O–H groups in total. The second-order valence-electron chi connectivity index (χ2n) is 1.88. The Morgan fingerprint density at radius 3 is 3.00 bits per heavy atom. The van der Waals surface area contributed by atoms with Crippen molar-refractivity contribution in [2.75, 3.05) is 6.54 Å². The molecule has 0 spiro atoms. The summed E-state index contributed by atoms with van der Waals surface area (Å²) in [4.78, 5) is 2.82. The van der Waals surface area contributed by atoms with Gasteiger partial charge in [-0.25, -0.2) is 0 Å². The van der Waals surface area contributed by atoms with Crippen molar-refractivity contribution in [2.45, 2.75) is 6.92 Å². The SMILES string of the molecule is CC[NH+]([O-])c1cc[nH]c1. The standard InChI is InChI=1S/C6H10N2O/c1-2-8(9)6-3-4-7-5-6/h3-5,7-8H,2H2,1H3. The maximum absolute atomic E-state index is 10.9. The molecular formula is C6H10N2O. The predicted molar refractivity (Wildman–Crippen MR) is 35.3 cm³/mol. The lowest BCUT2D eigenvalue weighted by molar-refractivity contribution is -0.773. The number of H-pyrrole nitrogens is 1. The second-order valence-corrected chi connectivity index (χ2v) is 1.88. The van der Waals surface area contributed by atoms with Crippen LogP contribution < -0.4 is 5.06 Å². The first-order valence-corrected chi connectivity index (χ1v) is 3.00. The fraction of sp³-hybridized carbons (Fsp3) is 0.333. The summed E-state index contributed by atoms with van der Waals surface area (Å²) in [5, 5.41) is 11.0. The molecule has 1 rings (SSSR count). The summed E-state index contributed by atoms with van der Waals surface area (Å²) in [6, 6.07) is 1.78. The van der Waals surface area contributed by atoms with Gasteiger partial charge in [0, 0.05) is 12.3 Å². The van der Waals surface area contributed by atoms with Crippen LogP contribution in [0.3, 0.4) is 0 Å². The first kappa shape index (κ1) is 6.32. The summed E-state index contributed by atoms with van der Waals surface area (Å²) < 4.78 is 0. The molecule has 0 aliphatic heterocycles. The third-order valence-electron chi connectivity index (χ3n) is 1.24. The predicted octanol–water partition coefficient (Wildman–Crippen LogP) is 0.0488. The van der Waals surface area contributed by atoms with Crippen molar-refractivity contribution < 1.29 is 5.06 Å². The molecule has 0 amide bonds. The second kappa shape index (κ2) is 2.66. The molecule has 0 aliphatic carbocycles. The largest absolute Gasteiger partial charge is 0.629 e. The molecule has 0 radical (unpaired) electrons. The Hall–Kier alpha value is -0.800. The van der Waals surface area contributed by atoms with E-state index >= 15 is 0 Å². The minimum absolute atomic E-state index is 0.191. The van der Waals surface area contributed by atoms with Crippen molar-refractivity contribution in [3.8, 4) is 0 Å². The molecule has 3 heteroatoms. The van der Waals surface area contributed by atoms with Crippen LogP contribution in [0.5, 0.6) is 0 Å². The van der Waals surface area contributed by atoms with Gasteiger partial charge in [-0.2, -0.15) is 0 Å². The number of hydroxylamine groups is 1. The van der Waals surface area contributed by atoms with Crippen molar-refractivity contribution in [2.24, 2.45) is 0 Å². The number of rotatable bonds is 2. The smallest absolute Gasteiger partial charge is 0.148 e. The van der Waals surface area contributed by atoms with Crippen LogP contribution >= 0.6 is 0 Å². The Labute approximate surface area is 53.9 Å². The van der Waals surface area contributed by atoms with E-state index in [0.29, 0.717) is 6.54 Å². The molecule has 0 aliphatic rings. The highest BCUT2D eigenvalue weighted by molar-refractivity contribution is 5.23. The van der Waals surface area contributed by atoms with Gasteiger partial charge < -0.3 is 15.3 Å². The zero-order valence-corrected chi connectivity index (χ0v) is 5.35. The van der Waals surface area contributed by atoms with E-state index in [2.05, 4.69) is 4.98 Å². The Kier molecular flexibility index (Phi) is 1.87. The van der Waals surface area contributed by atoms with Gasteiger partial charge in [0.1, 0.15) is 5.69 Å². The highest BCUT2D eigenvalue weighted by atomic mass is 16.5. The minimum atomic E-state index is 0.191. The van der Waals surface area contributed by atoms with Crippen LogP contribution in [0.25, 0.3) is 0 Å². The van der Waals surface area contributed by atoms with Crippen molar-refractivity contribution in [3.63, 3.8) is 0 Å². The van der Waals surface area contributed by atoms with Gasteiger partial charge in [-0.1, -0.05) is 0 Å². The average Bonchev–Trinajstić information content (AvgIpc) is 2.37. The summed E-state index contributed by atoms with van der Waals surface area (Å²) in [6.07, 6.45) is 3.47. The molecule has 0 aromatic carbocycles. The Bertz CT molecular complexity index is 160. The fourth-order valence-corrected chi connectivity index (χ4v) is 0.701. The van der Waals surface area contributed by atoms with E-state index < -0.39 is 0 Å². The molecule has 3 nitrogen and oxygen atoms in total. The first-order chi connectivity index (χ1) is 4.34. The van der Waals surface area contributed by atoms with Crippen LogP contribution in [0.1, 0.15) is 6.92 Å². The maximum atomic E-state index is 10.9. The van der Waals surface area contributed by atoms with E-state index in [0.717, 1.165) is 5.69 Å². The number of quaternary nitrogens is 1. The third-order valence-corrected chi connectivity index (χ3v) is 1.24. The molecule has 1 aromatic rings. The topological polar surface area (TPSA) is 43.3 Å². The Morgan fingerprint density at radius 1 is 1.78 bits per heavy atom. The van der Waals surface area contributed by atoms with Crippen LogP contribution in [0.15, 0.2) is 18.5 Å². The monoisotopic (exact) mass is 126 g/mol. The quantitative estimate of drug-likeness (QED) is 0.540. The molecule has 0 saturated heterocycles. The summed E-state index contributed by atoms with van der Waals surface area (Å²) in [6.45, 7) is 2.44. The summed E-state index contributed by atoms with van der Waals surface area (Å²) >= 11 is 0. The maximum Gasteiger partial charge on any atom is 0.148 e. The van der Waals surface area contributed by atoms with Gasteiger partial charge in [0.15, 0.2) is 0 Å². The number of hydrogen-bond acceptors (Lipinski definition) is 1. The summed E-state index contributed by atoms with van der Waals surface area (Å²) in [7, 11) is 0. The Balaban J connectivity index is 2.65. The molecule has 50 valence electrons. The molecule has 9 heavy (non-hydrogen) atoms. The van der Waals surface area contributed by atoms with Crippen molar-refractivity contribution in [1.82, 2.24) is 4.98 Å². The molecule has 0 saturated carbocycles. The molecule has 1 unspecified atom stereocenters. The minimum Gasteiger partial charge on any atom is -0.629 e. The van der Waals surface area contributed by atoms with Crippen LogP contribution in [-0.2, 0) is 0 Å². The zero-order chi connectivity index (χ0) is 6.69. The lowest BCUT2D eigenvalue weighted by atomic mass is 10.5. The van der Waals surface area contributed by atoms with Crippen LogP contribution in [-0.4, -0.2) is 11.5 Å². The van der Waals surface area contributed by atoms with Gasteiger partial charge in [0.05, 0.1) is 12.7 Å². The Morgan fingerprint density at radius 2 is 2.56 bits per heavy atom.